The van der Waals surface area contributed by atoms with E-state index in [9.17, 15) is 19.2 Å². The Hall–Kier alpha value is -4.35. The zero-order valence-electron chi connectivity index (χ0n) is 27.5. The quantitative estimate of drug-likeness (QED) is 0.141. The summed E-state index contributed by atoms with van der Waals surface area (Å²) >= 11 is 0. The van der Waals surface area contributed by atoms with Crippen molar-refractivity contribution in [1.29, 1.82) is 0 Å². The number of para-hydroxylation sites is 1. The van der Waals surface area contributed by atoms with Gasteiger partial charge in [-0.25, -0.2) is 9.78 Å². The van der Waals surface area contributed by atoms with Gasteiger partial charge in [-0.05, 0) is 44.7 Å². The molecule has 0 spiro atoms. The average molecular weight is 643 g/mol. The van der Waals surface area contributed by atoms with Gasteiger partial charge in [0.25, 0.3) is 5.91 Å². The van der Waals surface area contributed by atoms with Gasteiger partial charge in [-0.1, -0.05) is 58.7 Å². The van der Waals surface area contributed by atoms with E-state index in [2.05, 4.69) is 10.3 Å². The average Bonchev–Trinajstić information content (AvgIpc) is 3.60. The molecule has 1 aromatic carbocycles. The van der Waals surface area contributed by atoms with E-state index in [4.69, 9.17) is 28.4 Å². The van der Waals surface area contributed by atoms with Gasteiger partial charge in [-0.15, -0.1) is 0 Å². The summed E-state index contributed by atoms with van der Waals surface area (Å²) < 4.78 is 34.0. The number of nitrogens with zero attached hydrogens (tertiary/aromatic N) is 1. The first-order valence-electron chi connectivity index (χ1n) is 15.8. The minimum absolute atomic E-state index is 0.0571. The van der Waals surface area contributed by atoms with E-state index in [1.807, 2.05) is 25.1 Å². The molecule has 1 N–H and O–H groups in total. The SMILES string of the molecule is CC[C@H](NC(=O)c1nccc(OC)c1OCOC(=O)C(C)C)C(=O)O[C@@H](C)[C@H](OC(=O)C1CCCC1)[C@H](CC)Oc1ccccc1. The molecule has 1 aromatic heterocycles. The van der Waals surface area contributed by atoms with Crippen LogP contribution in [0.25, 0.3) is 0 Å². The lowest BCUT2D eigenvalue weighted by Crippen LogP contribution is -2.48. The molecule has 252 valence electrons. The van der Waals surface area contributed by atoms with E-state index in [0.717, 1.165) is 25.7 Å². The molecule has 2 aromatic rings. The molecule has 1 heterocycles. The van der Waals surface area contributed by atoms with Crippen molar-refractivity contribution in [2.75, 3.05) is 13.9 Å². The normalized spacial score (nSPS) is 15.6. The summed E-state index contributed by atoms with van der Waals surface area (Å²) in [4.78, 5) is 55.9. The summed E-state index contributed by atoms with van der Waals surface area (Å²) in [6.45, 7) is 8.14. The number of rotatable bonds is 17. The molecule has 0 radical (unpaired) electrons. The van der Waals surface area contributed by atoms with E-state index in [1.165, 1.54) is 19.4 Å². The van der Waals surface area contributed by atoms with E-state index >= 15 is 0 Å². The molecule has 4 atom stereocenters. The van der Waals surface area contributed by atoms with Crippen LogP contribution in [0.2, 0.25) is 0 Å². The molecule has 46 heavy (non-hydrogen) atoms. The minimum atomic E-state index is -1.07. The number of carbonyl (C=O) groups excluding carboxylic acids is 4. The zero-order chi connectivity index (χ0) is 33.6. The maximum atomic E-state index is 13.4. The third-order valence-electron chi connectivity index (χ3n) is 7.68. The molecule has 1 saturated carbocycles. The second-order valence-corrected chi connectivity index (χ2v) is 11.4. The Morgan fingerprint density at radius 1 is 0.935 bits per heavy atom. The van der Waals surface area contributed by atoms with Crippen molar-refractivity contribution >= 4 is 23.8 Å². The second kappa shape index (κ2) is 18.0. The van der Waals surface area contributed by atoms with Gasteiger partial charge in [0.2, 0.25) is 6.79 Å². The molecule has 12 heteroatoms. The maximum absolute atomic E-state index is 13.4. The molecule has 1 fully saturated rings. The summed E-state index contributed by atoms with van der Waals surface area (Å²) in [5, 5.41) is 2.65. The van der Waals surface area contributed by atoms with Crippen LogP contribution < -0.4 is 19.5 Å². The van der Waals surface area contributed by atoms with Crippen LogP contribution in [-0.2, 0) is 28.6 Å². The number of methoxy groups -OCH3 is 1. The van der Waals surface area contributed by atoms with Crippen molar-refractivity contribution in [2.45, 2.75) is 97.5 Å². The van der Waals surface area contributed by atoms with Gasteiger partial charge in [0.05, 0.1) is 18.9 Å². The van der Waals surface area contributed by atoms with Crippen LogP contribution in [0, 0.1) is 11.8 Å². The fraction of sp³-hybridized carbons (Fsp3) is 0.559. The second-order valence-electron chi connectivity index (χ2n) is 11.4. The fourth-order valence-corrected chi connectivity index (χ4v) is 5.01. The van der Waals surface area contributed by atoms with E-state index in [0.29, 0.717) is 12.2 Å². The topological polar surface area (TPSA) is 149 Å². The fourth-order valence-electron chi connectivity index (χ4n) is 5.01. The van der Waals surface area contributed by atoms with Crippen molar-refractivity contribution in [3.8, 4) is 17.2 Å². The number of hydrogen-bond acceptors (Lipinski definition) is 11. The minimum Gasteiger partial charge on any atom is -0.493 e. The van der Waals surface area contributed by atoms with Crippen molar-refractivity contribution in [2.24, 2.45) is 11.8 Å². The third kappa shape index (κ3) is 10.1. The first kappa shape index (κ1) is 36.1. The molecular formula is C34H46N2O10. The third-order valence-corrected chi connectivity index (χ3v) is 7.68. The summed E-state index contributed by atoms with van der Waals surface area (Å²) in [6, 6.07) is 9.56. The Kier molecular flexibility index (Phi) is 14.1. The summed E-state index contributed by atoms with van der Waals surface area (Å²) in [7, 11) is 1.39. The van der Waals surface area contributed by atoms with Crippen LogP contribution in [0.15, 0.2) is 42.6 Å². The highest BCUT2D eigenvalue weighted by molar-refractivity contribution is 5.98. The number of carbonyl (C=O) groups is 4. The molecule has 0 saturated heterocycles. The molecule has 1 aliphatic rings. The number of ether oxygens (including phenoxy) is 6. The number of esters is 3. The van der Waals surface area contributed by atoms with Gasteiger partial charge in [-0.3, -0.25) is 14.4 Å². The molecule has 0 aliphatic heterocycles. The van der Waals surface area contributed by atoms with E-state index < -0.39 is 49.0 Å². The molecule has 3 rings (SSSR count). The van der Waals surface area contributed by atoms with Crippen molar-refractivity contribution < 1.29 is 47.6 Å². The molecule has 1 aliphatic carbocycles. The monoisotopic (exact) mass is 642 g/mol. The Bertz CT molecular complexity index is 1300. The highest BCUT2D eigenvalue weighted by Gasteiger charge is 2.37. The Morgan fingerprint density at radius 3 is 2.24 bits per heavy atom. The van der Waals surface area contributed by atoms with Crippen LogP contribution >= 0.6 is 0 Å². The number of pyridine rings is 1. The number of nitrogens with one attached hydrogen (secondary N) is 1. The summed E-state index contributed by atoms with van der Waals surface area (Å²) in [5.74, 6) is -2.14. The Morgan fingerprint density at radius 2 is 1.63 bits per heavy atom. The predicted octanol–water partition coefficient (Wildman–Crippen LogP) is 5.03. The molecule has 1 amide bonds. The molecular weight excluding hydrogens is 596 g/mol. The lowest BCUT2D eigenvalue weighted by molar-refractivity contribution is -0.178. The standard InChI is InChI=1S/C34H46N2O10/c1-7-25(36-31(37)28-30(27(41-6)18-19-35-28)42-20-43-32(38)21(3)4)34(40)44-22(5)29(46-33(39)23-14-12-13-15-23)26(8-2)45-24-16-10-9-11-17-24/h9-11,16-19,21-23,25-26,29H,7-8,12-15,20H2,1-6H3,(H,36,37)/t22-,25-,26-,29-/m0/s1. The van der Waals surface area contributed by atoms with Crippen molar-refractivity contribution in [3.05, 3.63) is 48.3 Å². The number of aromatic nitrogens is 1. The number of hydrogen-bond donors (Lipinski definition) is 1. The van der Waals surface area contributed by atoms with Crippen LogP contribution in [0.5, 0.6) is 17.2 Å². The van der Waals surface area contributed by atoms with Gasteiger partial charge >= 0.3 is 17.9 Å². The predicted molar refractivity (Wildman–Crippen MR) is 167 cm³/mol. The van der Waals surface area contributed by atoms with Crippen LogP contribution in [0.3, 0.4) is 0 Å². The highest BCUT2D eigenvalue weighted by Crippen LogP contribution is 2.30. The maximum Gasteiger partial charge on any atom is 0.329 e. The first-order valence-corrected chi connectivity index (χ1v) is 15.8. The van der Waals surface area contributed by atoms with E-state index in [-0.39, 0.29) is 41.4 Å². The zero-order valence-corrected chi connectivity index (χ0v) is 27.5. The van der Waals surface area contributed by atoms with E-state index in [1.54, 1.807) is 39.8 Å². The first-order chi connectivity index (χ1) is 22.1. The number of amides is 1. The van der Waals surface area contributed by atoms with Crippen LogP contribution in [0.4, 0.5) is 0 Å². The molecule has 12 nitrogen and oxygen atoms in total. The molecule has 0 unspecified atom stereocenters. The lowest BCUT2D eigenvalue weighted by Gasteiger charge is -2.32. The highest BCUT2D eigenvalue weighted by atomic mass is 16.7. The smallest absolute Gasteiger partial charge is 0.329 e. The van der Waals surface area contributed by atoms with Crippen LogP contribution in [0.1, 0.15) is 83.6 Å². The summed E-state index contributed by atoms with van der Waals surface area (Å²) in [5.41, 5.74) is -0.176. The van der Waals surface area contributed by atoms with Crippen molar-refractivity contribution in [3.63, 3.8) is 0 Å². The van der Waals surface area contributed by atoms with Crippen LogP contribution in [-0.4, -0.2) is 67.1 Å². The van der Waals surface area contributed by atoms with Gasteiger partial charge in [0, 0.05) is 12.3 Å². The number of benzene rings is 1. The van der Waals surface area contributed by atoms with Crippen molar-refractivity contribution in [1.82, 2.24) is 10.3 Å². The lowest BCUT2D eigenvalue weighted by atomic mass is 10.0. The Labute approximate surface area is 270 Å². The Balaban J connectivity index is 1.75. The summed E-state index contributed by atoms with van der Waals surface area (Å²) in [6.07, 6.45) is 3.04. The van der Waals surface area contributed by atoms with Gasteiger partial charge < -0.3 is 33.7 Å². The van der Waals surface area contributed by atoms with Gasteiger partial charge in [0.1, 0.15) is 24.0 Å². The largest absolute Gasteiger partial charge is 0.493 e. The van der Waals surface area contributed by atoms with Gasteiger partial charge in [-0.2, -0.15) is 0 Å². The molecule has 0 bridgehead atoms. The van der Waals surface area contributed by atoms with Gasteiger partial charge in [0.15, 0.2) is 23.3 Å².